The van der Waals surface area contributed by atoms with E-state index in [0.717, 1.165) is 45.6 Å². The zero-order valence-corrected chi connectivity index (χ0v) is 8.87. The van der Waals surface area contributed by atoms with Gasteiger partial charge in [-0.25, -0.2) is 0 Å². The molecule has 0 spiro atoms. The molecule has 0 aromatic heterocycles. The minimum atomic E-state index is 0.282. The number of piperidine rings is 1. The summed E-state index contributed by atoms with van der Waals surface area (Å²) in [4.78, 5) is 14.0. The largest absolute Gasteiger partial charge is 0.380 e. The van der Waals surface area contributed by atoms with Gasteiger partial charge in [0.1, 0.15) is 5.78 Å². The fraction of sp³-hybridized carbons (Fsp3) is 0.909. The summed E-state index contributed by atoms with van der Waals surface area (Å²) in [5.41, 5.74) is 0. The van der Waals surface area contributed by atoms with Crippen LogP contribution in [0.2, 0.25) is 0 Å². The first-order valence-electron chi connectivity index (χ1n) is 5.65. The van der Waals surface area contributed by atoms with Gasteiger partial charge in [-0.2, -0.15) is 0 Å². The molecule has 2 rings (SSSR count). The van der Waals surface area contributed by atoms with Crippen LogP contribution in [0.5, 0.6) is 0 Å². The molecule has 2 fully saturated rings. The van der Waals surface area contributed by atoms with Crippen molar-refractivity contribution in [2.45, 2.75) is 32.2 Å². The lowest BCUT2D eigenvalue weighted by Crippen LogP contribution is -2.46. The molecule has 0 bridgehead atoms. The van der Waals surface area contributed by atoms with Crippen molar-refractivity contribution >= 4 is 5.78 Å². The number of ether oxygens (including phenoxy) is 1. The summed E-state index contributed by atoms with van der Waals surface area (Å²) >= 11 is 0. The van der Waals surface area contributed by atoms with E-state index in [9.17, 15) is 4.79 Å². The van der Waals surface area contributed by atoms with Crippen molar-refractivity contribution in [1.82, 2.24) is 4.90 Å². The Hall–Kier alpha value is -0.410. The maximum atomic E-state index is 11.5. The molecule has 2 aliphatic heterocycles. The van der Waals surface area contributed by atoms with Crippen LogP contribution in [0.1, 0.15) is 26.2 Å². The van der Waals surface area contributed by atoms with Gasteiger partial charge in [0.05, 0.1) is 6.61 Å². The zero-order chi connectivity index (χ0) is 9.97. The van der Waals surface area contributed by atoms with Gasteiger partial charge in [0.25, 0.3) is 0 Å². The second kappa shape index (κ2) is 4.41. The molecule has 80 valence electrons. The Kier molecular flexibility index (Phi) is 3.19. The highest BCUT2D eigenvalue weighted by Crippen LogP contribution is 2.21. The van der Waals surface area contributed by atoms with Crippen LogP contribution in [0.25, 0.3) is 0 Å². The summed E-state index contributed by atoms with van der Waals surface area (Å²) in [5.74, 6) is 0.743. The molecule has 0 N–H and O–H groups in total. The highest BCUT2D eigenvalue weighted by atomic mass is 16.5. The summed E-state index contributed by atoms with van der Waals surface area (Å²) in [5, 5.41) is 0. The Morgan fingerprint density at radius 2 is 2.43 bits per heavy atom. The van der Waals surface area contributed by atoms with Gasteiger partial charge >= 0.3 is 0 Å². The molecule has 2 saturated heterocycles. The van der Waals surface area contributed by atoms with E-state index in [-0.39, 0.29) is 5.92 Å². The first-order chi connectivity index (χ1) is 6.81. The number of carbonyl (C=O) groups is 1. The maximum Gasteiger partial charge on any atom is 0.138 e. The normalized spacial score (nSPS) is 35.1. The number of likely N-dealkylation sites (tertiary alicyclic amines) is 1. The highest BCUT2D eigenvalue weighted by Gasteiger charge is 2.31. The Morgan fingerprint density at radius 3 is 3.07 bits per heavy atom. The predicted octanol–water partition coefficient (Wildman–Crippen LogP) is 1.08. The molecular weight excluding hydrogens is 178 g/mol. The molecule has 0 aliphatic carbocycles. The Morgan fingerprint density at radius 1 is 1.57 bits per heavy atom. The summed E-state index contributed by atoms with van der Waals surface area (Å²) in [6.07, 6.45) is 2.88. The molecule has 0 aromatic carbocycles. The van der Waals surface area contributed by atoms with E-state index in [1.54, 1.807) is 0 Å². The number of hydrogen-bond donors (Lipinski definition) is 0. The van der Waals surface area contributed by atoms with Crippen molar-refractivity contribution in [2.75, 3.05) is 26.3 Å². The van der Waals surface area contributed by atoms with E-state index in [1.807, 2.05) is 0 Å². The van der Waals surface area contributed by atoms with E-state index in [4.69, 9.17) is 4.74 Å². The molecule has 0 aromatic rings. The minimum absolute atomic E-state index is 0.282. The monoisotopic (exact) mass is 197 g/mol. The van der Waals surface area contributed by atoms with Crippen LogP contribution in [0.15, 0.2) is 0 Å². The zero-order valence-electron chi connectivity index (χ0n) is 8.87. The van der Waals surface area contributed by atoms with Crippen LogP contribution in [-0.4, -0.2) is 43.0 Å². The fourth-order valence-electron chi connectivity index (χ4n) is 2.43. The first-order valence-corrected chi connectivity index (χ1v) is 5.65. The predicted molar refractivity (Wildman–Crippen MR) is 54.2 cm³/mol. The molecule has 0 radical (unpaired) electrons. The molecule has 2 aliphatic rings. The molecule has 2 unspecified atom stereocenters. The summed E-state index contributed by atoms with van der Waals surface area (Å²) in [7, 11) is 0. The highest BCUT2D eigenvalue weighted by molar-refractivity contribution is 5.82. The van der Waals surface area contributed by atoms with Crippen molar-refractivity contribution in [3.8, 4) is 0 Å². The lowest BCUT2D eigenvalue weighted by Gasteiger charge is -2.34. The average molecular weight is 197 g/mol. The average Bonchev–Trinajstić information content (AvgIpc) is 2.71. The second-order valence-corrected chi connectivity index (χ2v) is 4.33. The number of hydrogen-bond acceptors (Lipinski definition) is 3. The molecule has 3 heteroatoms. The van der Waals surface area contributed by atoms with Crippen LogP contribution in [-0.2, 0) is 9.53 Å². The topological polar surface area (TPSA) is 29.5 Å². The van der Waals surface area contributed by atoms with Gasteiger partial charge in [-0.1, -0.05) is 6.92 Å². The fourth-order valence-corrected chi connectivity index (χ4v) is 2.43. The molecule has 0 amide bonds. The molecule has 2 atom stereocenters. The van der Waals surface area contributed by atoms with Gasteiger partial charge in [0.15, 0.2) is 0 Å². The van der Waals surface area contributed by atoms with E-state index < -0.39 is 0 Å². The SMILES string of the molecule is CCC1CN(C2CCOC2)CCC1=O. The van der Waals surface area contributed by atoms with Crippen LogP contribution in [0.4, 0.5) is 0 Å². The minimum Gasteiger partial charge on any atom is -0.380 e. The Bertz CT molecular complexity index is 211. The quantitative estimate of drug-likeness (QED) is 0.663. The van der Waals surface area contributed by atoms with Crippen LogP contribution in [0.3, 0.4) is 0 Å². The second-order valence-electron chi connectivity index (χ2n) is 4.33. The number of rotatable bonds is 2. The van der Waals surface area contributed by atoms with Crippen molar-refractivity contribution in [2.24, 2.45) is 5.92 Å². The lowest BCUT2D eigenvalue weighted by molar-refractivity contribution is -0.127. The number of ketones is 1. The van der Waals surface area contributed by atoms with Gasteiger partial charge in [0.2, 0.25) is 0 Å². The van der Waals surface area contributed by atoms with E-state index >= 15 is 0 Å². The van der Waals surface area contributed by atoms with Crippen molar-refractivity contribution < 1.29 is 9.53 Å². The van der Waals surface area contributed by atoms with Crippen molar-refractivity contribution in [3.05, 3.63) is 0 Å². The van der Waals surface area contributed by atoms with Gasteiger partial charge in [-0.05, 0) is 12.8 Å². The smallest absolute Gasteiger partial charge is 0.138 e. The van der Waals surface area contributed by atoms with Gasteiger partial charge in [0, 0.05) is 38.1 Å². The molecule has 0 saturated carbocycles. The standard InChI is InChI=1S/C11H19NO2/c1-2-9-7-12(5-3-11(9)13)10-4-6-14-8-10/h9-10H,2-8H2,1H3. The molecular formula is C11H19NO2. The van der Waals surface area contributed by atoms with Crippen LogP contribution in [0, 0.1) is 5.92 Å². The number of nitrogens with zero attached hydrogens (tertiary/aromatic N) is 1. The third-order valence-electron chi connectivity index (χ3n) is 3.47. The third kappa shape index (κ3) is 1.98. The van der Waals surface area contributed by atoms with E-state index in [1.165, 1.54) is 0 Å². The first kappa shape index (κ1) is 10.1. The van der Waals surface area contributed by atoms with Crippen molar-refractivity contribution in [1.29, 1.82) is 0 Å². The number of carbonyl (C=O) groups excluding carboxylic acids is 1. The molecule has 14 heavy (non-hydrogen) atoms. The van der Waals surface area contributed by atoms with Gasteiger partial charge < -0.3 is 4.74 Å². The summed E-state index contributed by atoms with van der Waals surface area (Å²) in [6.45, 7) is 5.78. The summed E-state index contributed by atoms with van der Waals surface area (Å²) in [6, 6.07) is 0.581. The van der Waals surface area contributed by atoms with Crippen molar-refractivity contribution in [3.63, 3.8) is 0 Å². The third-order valence-corrected chi connectivity index (χ3v) is 3.47. The summed E-state index contributed by atoms with van der Waals surface area (Å²) < 4.78 is 5.38. The molecule has 3 nitrogen and oxygen atoms in total. The number of Topliss-reactive ketones (excluding diaryl/α,β-unsaturated/α-hetero) is 1. The van der Waals surface area contributed by atoms with Crippen LogP contribution >= 0.6 is 0 Å². The van der Waals surface area contributed by atoms with E-state index in [2.05, 4.69) is 11.8 Å². The molecule has 2 heterocycles. The van der Waals surface area contributed by atoms with Crippen LogP contribution < -0.4 is 0 Å². The lowest BCUT2D eigenvalue weighted by atomic mass is 9.93. The Labute approximate surface area is 85.4 Å². The van der Waals surface area contributed by atoms with Gasteiger partial charge in [-0.3, -0.25) is 9.69 Å². The van der Waals surface area contributed by atoms with E-state index in [0.29, 0.717) is 11.8 Å². The Balaban J connectivity index is 1.91. The van der Waals surface area contributed by atoms with Gasteiger partial charge in [-0.15, -0.1) is 0 Å². The maximum absolute atomic E-state index is 11.5.